The largest absolute Gasteiger partial charge is 0.444 e. The highest BCUT2D eigenvalue weighted by atomic mass is 16.6. The Kier molecular flexibility index (Phi) is 7.06. The van der Waals surface area contributed by atoms with Crippen LogP contribution in [0.15, 0.2) is 24.7 Å². The molecule has 3 rings (SSSR count). The van der Waals surface area contributed by atoms with Gasteiger partial charge in [-0.3, -0.25) is 14.7 Å². The van der Waals surface area contributed by atoms with Crippen molar-refractivity contribution in [2.45, 2.75) is 70.6 Å². The number of aromatic amines is 1. The van der Waals surface area contributed by atoms with E-state index in [0.717, 1.165) is 5.56 Å². The van der Waals surface area contributed by atoms with Crippen molar-refractivity contribution < 1.29 is 19.1 Å². The highest BCUT2D eigenvalue weighted by molar-refractivity contribution is 6.39. The van der Waals surface area contributed by atoms with Crippen LogP contribution in [0.1, 0.15) is 57.3 Å². The number of pyridine rings is 1. The van der Waals surface area contributed by atoms with Crippen LogP contribution in [-0.2, 0) is 14.3 Å². The molecule has 0 saturated heterocycles. The quantitative estimate of drug-likeness (QED) is 0.526. The van der Waals surface area contributed by atoms with Crippen molar-refractivity contribution >= 4 is 23.7 Å². The molecule has 2 aromatic heterocycles. The predicted molar refractivity (Wildman–Crippen MR) is 116 cm³/mol. The molecule has 1 saturated carbocycles. The maximum atomic E-state index is 12.5. The monoisotopic (exact) mass is 443 g/mol. The van der Waals surface area contributed by atoms with Crippen LogP contribution in [0.2, 0.25) is 0 Å². The van der Waals surface area contributed by atoms with Crippen LogP contribution in [0.3, 0.4) is 0 Å². The Labute approximate surface area is 186 Å². The van der Waals surface area contributed by atoms with Gasteiger partial charge in [0.15, 0.2) is 0 Å². The summed E-state index contributed by atoms with van der Waals surface area (Å²) in [5.41, 5.74) is 0.273. The Morgan fingerprint density at radius 1 is 1.06 bits per heavy atom. The third-order valence-corrected chi connectivity index (χ3v) is 5.05. The van der Waals surface area contributed by atoms with E-state index in [9.17, 15) is 14.4 Å². The molecular formula is C21H29N7O4. The molecule has 0 radical (unpaired) electrons. The minimum Gasteiger partial charge on any atom is -0.444 e. The lowest BCUT2D eigenvalue weighted by atomic mass is 9.81. The topological polar surface area (TPSA) is 151 Å². The number of H-pyrrole nitrogens is 1. The molecule has 11 nitrogen and oxygen atoms in total. The molecule has 1 aliphatic rings. The number of anilines is 1. The van der Waals surface area contributed by atoms with E-state index in [1.54, 1.807) is 39.1 Å². The first-order chi connectivity index (χ1) is 15.1. The van der Waals surface area contributed by atoms with Gasteiger partial charge in [0.25, 0.3) is 0 Å². The Hall–Kier alpha value is -3.50. The van der Waals surface area contributed by atoms with Crippen molar-refractivity contribution in [1.82, 2.24) is 30.8 Å². The Balaban J connectivity index is 1.66. The highest BCUT2D eigenvalue weighted by Crippen LogP contribution is 2.31. The van der Waals surface area contributed by atoms with Gasteiger partial charge < -0.3 is 20.7 Å². The third kappa shape index (κ3) is 6.50. The van der Waals surface area contributed by atoms with E-state index in [0.29, 0.717) is 25.1 Å². The average Bonchev–Trinajstić information content (AvgIpc) is 3.24. The zero-order chi connectivity index (χ0) is 23.3. The number of hydrogen-bond acceptors (Lipinski definition) is 7. The van der Waals surface area contributed by atoms with Crippen LogP contribution in [0.5, 0.6) is 0 Å². The number of aryl methyl sites for hydroxylation is 1. The molecule has 1 fully saturated rings. The van der Waals surface area contributed by atoms with Gasteiger partial charge in [-0.1, -0.05) is 6.07 Å². The van der Waals surface area contributed by atoms with Crippen LogP contribution in [-0.4, -0.2) is 55.8 Å². The zero-order valence-corrected chi connectivity index (χ0v) is 18.6. The maximum absolute atomic E-state index is 12.5. The molecule has 4 N–H and O–H groups in total. The van der Waals surface area contributed by atoms with Gasteiger partial charge in [0, 0.05) is 18.2 Å². The second kappa shape index (κ2) is 9.75. The second-order valence-corrected chi connectivity index (χ2v) is 8.89. The van der Waals surface area contributed by atoms with Crippen molar-refractivity contribution in [3.05, 3.63) is 36.0 Å². The standard InChI is InChI=1S/C21H29N7O4/c1-12-5-8-16(22-10-12)27-19(30)18(29)25-14-7-6-13(17-23-11-24-28-17)9-15(14)26-20(31)32-21(2,3)4/h5,8,10-11,13-15H,6-7,9H2,1-4H3,(H,25,29)(H,26,31)(H,22,27,30)(H,23,24,28)/t13-,14-,15+/m0/s1. The second-order valence-electron chi connectivity index (χ2n) is 8.89. The summed E-state index contributed by atoms with van der Waals surface area (Å²) in [5, 5.41) is 14.8. The fraction of sp³-hybridized carbons (Fsp3) is 0.524. The van der Waals surface area contributed by atoms with Gasteiger partial charge in [-0.2, -0.15) is 5.10 Å². The van der Waals surface area contributed by atoms with E-state index in [-0.39, 0.29) is 11.7 Å². The molecule has 1 aliphatic carbocycles. The van der Waals surface area contributed by atoms with E-state index in [4.69, 9.17) is 4.74 Å². The molecule has 3 amide bonds. The molecule has 0 aliphatic heterocycles. The highest BCUT2D eigenvalue weighted by Gasteiger charge is 2.36. The molecule has 0 spiro atoms. The van der Waals surface area contributed by atoms with E-state index >= 15 is 0 Å². The van der Waals surface area contributed by atoms with Gasteiger partial charge in [-0.25, -0.2) is 14.8 Å². The summed E-state index contributed by atoms with van der Waals surface area (Å²) in [7, 11) is 0. The molecule has 2 aromatic rings. The number of rotatable bonds is 4. The summed E-state index contributed by atoms with van der Waals surface area (Å²) >= 11 is 0. The van der Waals surface area contributed by atoms with Crippen molar-refractivity contribution in [2.75, 3.05) is 5.32 Å². The summed E-state index contributed by atoms with van der Waals surface area (Å²) in [5.74, 6) is -0.598. The molecular weight excluding hydrogens is 414 g/mol. The first-order valence-corrected chi connectivity index (χ1v) is 10.5. The van der Waals surface area contributed by atoms with Crippen molar-refractivity contribution in [2.24, 2.45) is 0 Å². The summed E-state index contributed by atoms with van der Waals surface area (Å²) in [6.07, 6.45) is 4.18. The van der Waals surface area contributed by atoms with Crippen LogP contribution in [0, 0.1) is 6.92 Å². The average molecular weight is 444 g/mol. The molecule has 3 atom stereocenters. The third-order valence-electron chi connectivity index (χ3n) is 5.05. The SMILES string of the molecule is Cc1ccc(NC(=O)C(=O)N[C@H]2CC[C@H](c3ncn[nH]3)C[C@H]2NC(=O)OC(C)(C)C)nc1. The van der Waals surface area contributed by atoms with Gasteiger partial charge in [-0.05, 0) is 58.6 Å². The molecule has 2 heterocycles. The normalized spacial score (nSPS) is 20.8. The number of nitrogens with one attached hydrogen (secondary N) is 4. The van der Waals surface area contributed by atoms with Gasteiger partial charge in [-0.15, -0.1) is 0 Å². The van der Waals surface area contributed by atoms with E-state index in [1.165, 1.54) is 6.33 Å². The number of ether oxygens (including phenoxy) is 1. The number of alkyl carbamates (subject to hydrolysis) is 1. The number of nitrogens with zero attached hydrogens (tertiary/aromatic N) is 3. The van der Waals surface area contributed by atoms with Gasteiger partial charge >= 0.3 is 17.9 Å². The minimum absolute atomic E-state index is 0.0242. The van der Waals surface area contributed by atoms with Crippen LogP contribution in [0.4, 0.5) is 10.6 Å². The number of hydrogen-bond donors (Lipinski definition) is 4. The number of aromatic nitrogens is 4. The van der Waals surface area contributed by atoms with Crippen LogP contribution < -0.4 is 16.0 Å². The Morgan fingerprint density at radius 2 is 1.84 bits per heavy atom. The summed E-state index contributed by atoms with van der Waals surface area (Å²) < 4.78 is 5.37. The molecule has 172 valence electrons. The van der Waals surface area contributed by atoms with Gasteiger partial charge in [0.2, 0.25) is 0 Å². The number of carbonyl (C=O) groups excluding carboxylic acids is 3. The lowest BCUT2D eigenvalue weighted by Crippen LogP contribution is -2.56. The molecule has 32 heavy (non-hydrogen) atoms. The van der Waals surface area contributed by atoms with Crippen molar-refractivity contribution in [3.63, 3.8) is 0 Å². The molecule has 0 aromatic carbocycles. The fourth-order valence-corrected chi connectivity index (χ4v) is 3.57. The Bertz CT molecular complexity index is 938. The fourth-order valence-electron chi connectivity index (χ4n) is 3.57. The molecule has 0 bridgehead atoms. The first kappa shape index (κ1) is 23.2. The summed E-state index contributed by atoms with van der Waals surface area (Å²) in [6, 6.07) is 2.50. The number of carbonyl (C=O) groups is 3. The number of amides is 3. The maximum Gasteiger partial charge on any atom is 0.407 e. The zero-order valence-electron chi connectivity index (χ0n) is 18.6. The summed E-state index contributed by atoms with van der Waals surface area (Å²) in [6.45, 7) is 7.19. The smallest absolute Gasteiger partial charge is 0.407 e. The van der Waals surface area contributed by atoms with Gasteiger partial charge in [0.05, 0.1) is 6.04 Å². The van der Waals surface area contributed by atoms with Gasteiger partial charge in [0.1, 0.15) is 23.6 Å². The predicted octanol–water partition coefficient (Wildman–Crippen LogP) is 1.79. The van der Waals surface area contributed by atoms with E-state index < -0.39 is 35.6 Å². The minimum atomic E-state index is -0.824. The lowest BCUT2D eigenvalue weighted by Gasteiger charge is -2.36. The van der Waals surface area contributed by atoms with Crippen LogP contribution in [0.25, 0.3) is 0 Å². The van der Waals surface area contributed by atoms with Crippen LogP contribution >= 0.6 is 0 Å². The first-order valence-electron chi connectivity index (χ1n) is 10.5. The van der Waals surface area contributed by atoms with Crippen molar-refractivity contribution in [3.8, 4) is 0 Å². The molecule has 0 unspecified atom stereocenters. The summed E-state index contributed by atoms with van der Waals surface area (Å²) in [4.78, 5) is 45.5. The molecule has 11 heteroatoms. The van der Waals surface area contributed by atoms with E-state index in [2.05, 4.69) is 36.1 Å². The lowest BCUT2D eigenvalue weighted by molar-refractivity contribution is -0.136. The van der Waals surface area contributed by atoms with Crippen molar-refractivity contribution in [1.29, 1.82) is 0 Å². The Morgan fingerprint density at radius 3 is 2.47 bits per heavy atom. The van der Waals surface area contributed by atoms with E-state index in [1.807, 2.05) is 6.92 Å².